The monoisotopic (exact) mass is 464 g/mol. The predicted octanol–water partition coefficient (Wildman–Crippen LogP) is 7.30. The molecule has 0 radical (unpaired) electrons. The highest BCUT2D eigenvalue weighted by atomic mass is 31.2. The van der Waals surface area contributed by atoms with E-state index in [-0.39, 0.29) is 25.7 Å². The van der Waals surface area contributed by atoms with Crippen LogP contribution in [0.3, 0.4) is 0 Å². The maximum Gasteiger partial charge on any atom is 0.460 e. The SMILES string of the molecule is O=P(OC1CCCCC1)(OC1CCCCC1)C(F)(F)C(F)(F)C(F)(F)C(F)(F)F. The van der Waals surface area contributed by atoms with Crippen LogP contribution in [-0.4, -0.2) is 35.9 Å². The van der Waals surface area contributed by atoms with E-state index in [1.54, 1.807) is 0 Å². The van der Waals surface area contributed by atoms with Crippen LogP contribution in [0.1, 0.15) is 64.2 Å². The van der Waals surface area contributed by atoms with Crippen molar-refractivity contribution in [1.82, 2.24) is 0 Å². The molecule has 0 amide bonds. The molecule has 0 atom stereocenters. The van der Waals surface area contributed by atoms with Crippen LogP contribution < -0.4 is 0 Å². The number of hydrogen-bond donors (Lipinski definition) is 0. The molecule has 0 bridgehead atoms. The zero-order chi connectivity index (χ0) is 22.1. The molecule has 0 heterocycles. The molecule has 0 spiro atoms. The summed E-state index contributed by atoms with van der Waals surface area (Å²) in [5.74, 6) is -14.2. The molecule has 0 unspecified atom stereocenters. The van der Waals surface area contributed by atoms with Gasteiger partial charge in [-0.25, -0.2) is 0 Å². The first-order valence-electron chi connectivity index (χ1n) is 9.33. The highest BCUT2D eigenvalue weighted by Crippen LogP contribution is 2.72. The fraction of sp³-hybridized carbons (Fsp3) is 1.00. The van der Waals surface area contributed by atoms with Gasteiger partial charge in [0.25, 0.3) is 0 Å². The summed E-state index contributed by atoms with van der Waals surface area (Å²) in [6.07, 6.45) is -6.47. The molecule has 13 heteroatoms. The van der Waals surface area contributed by atoms with Crippen molar-refractivity contribution < 1.29 is 53.1 Å². The highest BCUT2D eigenvalue weighted by Gasteiger charge is 2.87. The summed E-state index contributed by atoms with van der Waals surface area (Å²) in [4.78, 5) is 0. The lowest BCUT2D eigenvalue weighted by Crippen LogP contribution is -2.61. The van der Waals surface area contributed by atoms with Crippen molar-refractivity contribution in [3.63, 3.8) is 0 Å². The van der Waals surface area contributed by atoms with Crippen molar-refractivity contribution in [3.8, 4) is 0 Å². The van der Waals surface area contributed by atoms with E-state index in [9.17, 15) is 44.1 Å². The first-order chi connectivity index (χ1) is 13.2. The molecule has 0 aromatic heterocycles. The number of halogens is 9. The molecule has 2 aliphatic rings. The van der Waals surface area contributed by atoms with Crippen molar-refractivity contribution in [2.24, 2.45) is 0 Å². The van der Waals surface area contributed by atoms with E-state index in [1.165, 1.54) is 0 Å². The Morgan fingerprint density at radius 1 is 0.586 bits per heavy atom. The number of rotatable bonds is 7. The van der Waals surface area contributed by atoms with Gasteiger partial charge in [0.1, 0.15) is 0 Å². The summed E-state index contributed by atoms with van der Waals surface area (Å²) in [7, 11) is -6.41. The van der Waals surface area contributed by atoms with E-state index in [1.807, 2.05) is 0 Å². The molecule has 0 aliphatic heterocycles. The predicted molar refractivity (Wildman–Crippen MR) is 84.4 cm³/mol. The summed E-state index contributed by atoms with van der Waals surface area (Å²) in [5.41, 5.74) is -6.39. The first-order valence-corrected chi connectivity index (χ1v) is 10.9. The van der Waals surface area contributed by atoms with Gasteiger partial charge >= 0.3 is 31.3 Å². The first kappa shape index (κ1) is 24.8. The molecule has 3 nitrogen and oxygen atoms in total. The quantitative estimate of drug-likeness (QED) is 0.293. The minimum Gasteiger partial charge on any atom is -0.301 e. The zero-order valence-corrected chi connectivity index (χ0v) is 16.2. The van der Waals surface area contributed by atoms with Crippen LogP contribution in [0, 0.1) is 0 Å². The van der Waals surface area contributed by atoms with E-state index in [0.29, 0.717) is 38.5 Å². The lowest BCUT2D eigenvalue weighted by Gasteiger charge is -2.39. The third kappa shape index (κ3) is 4.74. The summed E-state index contributed by atoms with van der Waals surface area (Å²) in [5, 5.41) is 0. The van der Waals surface area contributed by atoms with E-state index < -0.39 is 43.5 Å². The topological polar surface area (TPSA) is 35.5 Å². The number of alkyl halides is 9. The Morgan fingerprint density at radius 2 is 0.931 bits per heavy atom. The second kappa shape index (κ2) is 8.57. The third-order valence-electron chi connectivity index (χ3n) is 5.15. The van der Waals surface area contributed by atoms with Gasteiger partial charge < -0.3 is 9.05 Å². The molecule has 0 N–H and O–H groups in total. The average molecular weight is 464 g/mol. The van der Waals surface area contributed by atoms with Crippen molar-refractivity contribution in [2.45, 2.75) is 100 Å². The maximum absolute atomic E-state index is 14.5. The highest BCUT2D eigenvalue weighted by molar-refractivity contribution is 7.55. The summed E-state index contributed by atoms with van der Waals surface area (Å²) >= 11 is 0. The molecular weight excluding hydrogens is 442 g/mol. The Morgan fingerprint density at radius 3 is 1.24 bits per heavy atom. The Bertz CT molecular complexity index is 573. The van der Waals surface area contributed by atoms with Gasteiger partial charge in [0.05, 0.1) is 12.2 Å². The van der Waals surface area contributed by atoms with Crippen molar-refractivity contribution in [3.05, 3.63) is 0 Å². The molecule has 0 aromatic carbocycles. The van der Waals surface area contributed by atoms with Gasteiger partial charge in [-0.05, 0) is 25.7 Å². The van der Waals surface area contributed by atoms with Gasteiger partial charge in [-0.3, -0.25) is 4.57 Å². The van der Waals surface area contributed by atoms with Gasteiger partial charge in [0, 0.05) is 0 Å². The fourth-order valence-corrected chi connectivity index (χ4v) is 5.44. The van der Waals surface area contributed by atoms with Crippen LogP contribution in [0.4, 0.5) is 39.5 Å². The minimum absolute atomic E-state index is 0.0231. The van der Waals surface area contributed by atoms with E-state index in [2.05, 4.69) is 9.05 Å². The maximum atomic E-state index is 14.5. The van der Waals surface area contributed by atoms with Gasteiger partial charge in [-0.1, -0.05) is 38.5 Å². The zero-order valence-electron chi connectivity index (χ0n) is 15.3. The van der Waals surface area contributed by atoms with Crippen LogP contribution in [-0.2, 0) is 13.6 Å². The molecule has 2 saturated carbocycles. The molecule has 172 valence electrons. The number of hydrogen-bond acceptors (Lipinski definition) is 3. The Labute approximate surface area is 161 Å². The van der Waals surface area contributed by atoms with Crippen molar-refractivity contribution in [1.29, 1.82) is 0 Å². The van der Waals surface area contributed by atoms with E-state index in [0.717, 1.165) is 0 Å². The summed E-state index contributed by atoms with van der Waals surface area (Å²) in [6, 6.07) is 0. The average Bonchev–Trinajstić information content (AvgIpc) is 2.62. The Kier molecular flexibility index (Phi) is 7.33. The molecule has 0 saturated heterocycles. The Hall–Kier alpha value is -0.480. The molecular formula is C16H22F9O3P. The molecule has 2 rings (SSSR count). The Balaban J connectivity index is 2.41. The lowest BCUT2D eigenvalue weighted by atomic mass is 9.98. The minimum atomic E-state index is -7.15. The third-order valence-corrected chi connectivity index (χ3v) is 7.27. The molecule has 0 aromatic rings. The fourth-order valence-electron chi connectivity index (χ4n) is 3.43. The van der Waals surface area contributed by atoms with Crippen LogP contribution in [0.25, 0.3) is 0 Å². The van der Waals surface area contributed by atoms with Gasteiger partial charge in [-0.2, -0.15) is 39.5 Å². The van der Waals surface area contributed by atoms with Crippen LogP contribution in [0.2, 0.25) is 0 Å². The molecule has 2 fully saturated rings. The van der Waals surface area contributed by atoms with E-state index >= 15 is 0 Å². The van der Waals surface area contributed by atoms with Gasteiger partial charge in [0.2, 0.25) is 0 Å². The normalized spacial score (nSPS) is 22.1. The van der Waals surface area contributed by atoms with E-state index in [4.69, 9.17) is 0 Å². The van der Waals surface area contributed by atoms with Crippen molar-refractivity contribution >= 4 is 7.60 Å². The van der Waals surface area contributed by atoms with Gasteiger partial charge in [-0.15, -0.1) is 0 Å². The summed E-state index contributed by atoms with van der Waals surface area (Å²) < 4.78 is 143. The lowest BCUT2D eigenvalue weighted by molar-refractivity contribution is -0.384. The van der Waals surface area contributed by atoms with Gasteiger partial charge in [0.15, 0.2) is 0 Å². The smallest absolute Gasteiger partial charge is 0.301 e. The second-order valence-corrected chi connectivity index (χ2v) is 9.39. The molecule has 2 aliphatic carbocycles. The van der Waals surface area contributed by atoms with Crippen molar-refractivity contribution in [2.75, 3.05) is 0 Å². The standard InChI is InChI=1S/C16H22F9O3P/c17-13(18,15(21,22)23)14(19,20)16(24,25)29(26,27-11-7-3-1-4-8-11)28-12-9-5-2-6-10-12/h11-12H,1-10H2. The largest absolute Gasteiger partial charge is 0.460 e. The second-order valence-electron chi connectivity index (χ2n) is 7.42. The molecule has 29 heavy (non-hydrogen) atoms. The summed E-state index contributed by atoms with van der Waals surface area (Å²) in [6.45, 7) is 0. The van der Waals surface area contributed by atoms with Crippen LogP contribution >= 0.6 is 7.60 Å². The van der Waals surface area contributed by atoms with Crippen LogP contribution in [0.5, 0.6) is 0 Å². The van der Waals surface area contributed by atoms with Crippen LogP contribution in [0.15, 0.2) is 0 Å².